The van der Waals surface area contributed by atoms with E-state index in [1.807, 2.05) is 27.8 Å². The van der Waals surface area contributed by atoms with E-state index in [1.54, 1.807) is 16.8 Å². The third-order valence-corrected chi connectivity index (χ3v) is 3.10. The summed E-state index contributed by atoms with van der Waals surface area (Å²) in [4.78, 5) is 0. The monoisotopic (exact) mass is 248 g/mol. The zero-order valence-electron chi connectivity index (χ0n) is 11.0. The first-order chi connectivity index (χ1) is 8.54. The van der Waals surface area contributed by atoms with Gasteiger partial charge in [0.15, 0.2) is 0 Å². The molecule has 0 spiro atoms. The van der Waals surface area contributed by atoms with Crippen molar-refractivity contribution in [1.82, 2.24) is 20.3 Å². The van der Waals surface area contributed by atoms with Crippen LogP contribution in [0, 0.1) is 19.7 Å². The highest BCUT2D eigenvalue weighted by Crippen LogP contribution is 2.20. The molecule has 1 aromatic heterocycles. The van der Waals surface area contributed by atoms with Gasteiger partial charge in [-0.25, -0.2) is 9.07 Å². The lowest BCUT2D eigenvalue weighted by Crippen LogP contribution is -2.14. The van der Waals surface area contributed by atoms with Gasteiger partial charge in [0.1, 0.15) is 17.2 Å². The van der Waals surface area contributed by atoms with Crippen molar-refractivity contribution in [2.75, 3.05) is 7.05 Å². The average molecular weight is 248 g/mol. The van der Waals surface area contributed by atoms with Crippen molar-refractivity contribution in [3.63, 3.8) is 0 Å². The second-order valence-electron chi connectivity index (χ2n) is 4.44. The van der Waals surface area contributed by atoms with Crippen molar-refractivity contribution in [1.29, 1.82) is 0 Å². The molecule has 0 saturated carbocycles. The molecule has 5 heteroatoms. The number of hydrogen-bond acceptors (Lipinski definition) is 3. The van der Waals surface area contributed by atoms with E-state index in [0.717, 1.165) is 17.0 Å². The normalized spacial score (nSPS) is 12.7. The maximum Gasteiger partial charge on any atom is 0.148 e. The van der Waals surface area contributed by atoms with E-state index in [0.29, 0.717) is 5.69 Å². The van der Waals surface area contributed by atoms with E-state index in [4.69, 9.17) is 0 Å². The molecular formula is C13H17FN4. The fourth-order valence-corrected chi connectivity index (χ4v) is 1.89. The molecule has 0 aliphatic rings. The molecular weight excluding hydrogens is 231 g/mol. The third kappa shape index (κ3) is 2.13. The Labute approximate surface area is 106 Å². The first-order valence-electron chi connectivity index (χ1n) is 5.90. The molecule has 1 aromatic carbocycles. The van der Waals surface area contributed by atoms with Gasteiger partial charge in [-0.1, -0.05) is 11.3 Å². The highest BCUT2D eigenvalue weighted by molar-refractivity contribution is 5.38. The quantitative estimate of drug-likeness (QED) is 0.906. The summed E-state index contributed by atoms with van der Waals surface area (Å²) in [5.74, 6) is -0.294. The van der Waals surface area contributed by atoms with Gasteiger partial charge in [-0.3, -0.25) is 0 Å². The summed E-state index contributed by atoms with van der Waals surface area (Å²) in [5.41, 5.74) is 3.11. The predicted molar refractivity (Wildman–Crippen MR) is 68.3 cm³/mol. The Bertz CT molecular complexity index is 562. The van der Waals surface area contributed by atoms with E-state index < -0.39 is 0 Å². The minimum Gasteiger partial charge on any atom is -0.312 e. The van der Waals surface area contributed by atoms with Crippen molar-refractivity contribution in [2.45, 2.75) is 26.8 Å². The lowest BCUT2D eigenvalue weighted by atomic mass is 10.2. The molecule has 0 fully saturated rings. The molecule has 2 aromatic rings. The smallest absolute Gasteiger partial charge is 0.148 e. The molecule has 1 N–H and O–H groups in total. The molecule has 0 radical (unpaired) electrons. The summed E-state index contributed by atoms with van der Waals surface area (Å²) in [7, 11) is 1.86. The molecule has 0 saturated heterocycles. The standard InChI is InChI=1S/C13H17FN4/c1-8-5-6-11(14)12(7-8)18-10(3)13(16-17-18)9(2)15-4/h5-7,9,15H,1-4H3. The summed E-state index contributed by atoms with van der Waals surface area (Å²) in [5, 5.41) is 11.3. The SMILES string of the molecule is CNC(C)c1nnn(-c2cc(C)ccc2F)c1C. The van der Waals surface area contributed by atoms with Crippen molar-refractivity contribution in [2.24, 2.45) is 0 Å². The topological polar surface area (TPSA) is 42.7 Å². The Morgan fingerprint density at radius 1 is 1.33 bits per heavy atom. The molecule has 0 aliphatic carbocycles. The molecule has 96 valence electrons. The summed E-state index contributed by atoms with van der Waals surface area (Å²) in [6.07, 6.45) is 0. The number of rotatable bonds is 3. The van der Waals surface area contributed by atoms with Crippen molar-refractivity contribution in [3.8, 4) is 5.69 Å². The van der Waals surface area contributed by atoms with Gasteiger partial charge < -0.3 is 5.32 Å². The van der Waals surface area contributed by atoms with Crippen LogP contribution in [0.5, 0.6) is 0 Å². The molecule has 0 amide bonds. The molecule has 1 heterocycles. The van der Waals surface area contributed by atoms with Crippen LogP contribution in [0.15, 0.2) is 18.2 Å². The van der Waals surface area contributed by atoms with Crippen LogP contribution < -0.4 is 5.32 Å². The molecule has 4 nitrogen and oxygen atoms in total. The minimum atomic E-state index is -0.294. The van der Waals surface area contributed by atoms with Gasteiger partial charge in [-0.05, 0) is 45.5 Å². The third-order valence-electron chi connectivity index (χ3n) is 3.10. The van der Waals surface area contributed by atoms with Crippen LogP contribution in [-0.4, -0.2) is 22.0 Å². The predicted octanol–water partition coefficient (Wildman–Crippen LogP) is 2.30. The highest BCUT2D eigenvalue weighted by atomic mass is 19.1. The largest absolute Gasteiger partial charge is 0.312 e. The second kappa shape index (κ2) is 4.86. The van der Waals surface area contributed by atoms with Gasteiger partial charge in [-0.15, -0.1) is 5.10 Å². The Kier molecular flexibility index (Phi) is 3.43. The van der Waals surface area contributed by atoms with Crippen molar-refractivity contribution >= 4 is 0 Å². The van der Waals surface area contributed by atoms with Crippen LogP contribution in [-0.2, 0) is 0 Å². The number of aromatic nitrogens is 3. The van der Waals surface area contributed by atoms with E-state index >= 15 is 0 Å². The maximum atomic E-state index is 13.8. The number of nitrogens with zero attached hydrogens (tertiary/aromatic N) is 3. The number of benzene rings is 1. The first-order valence-corrected chi connectivity index (χ1v) is 5.90. The number of aryl methyl sites for hydroxylation is 1. The van der Waals surface area contributed by atoms with Crippen LogP contribution in [0.25, 0.3) is 5.69 Å². The molecule has 2 rings (SSSR count). The van der Waals surface area contributed by atoms with Gasteiger partial charge >= 0.3 is 0 Å². The molecule has 1 unspecified atom stereocenters. The zero-order chi connectivity index (χ0) is 13.3. The number of hydrogen-bond donors (Lipinski definition) is 1. The summed E-state index contributed by atoms with van der Waals surface area (Å²) >= 11 is 0. The summed E-state index contributed by atoms with van der Waals surface area (Å²) < 4.78 is 15.4. The first kappa shape index (κ1) is 12.7. The van der Waals surface area contributed by atoms with E-state index in [9.17, 15) is 4.39 Å². The van der Waals surface area contributed by atoms with Crippen molar-refractivity contribution < 1.29 is 4.39 Å². The highest BCUT2D eigenvalue weighted by Gasteiger charge is 2.16. The van der Waals surface area contributed by atoms with Crippen LogP contribution >= 0.6 is 0 Å². The molecule has 1 atom stereocenters. The summed E-state index contributed by atoms with van der Waals surface area (Å²) in [6, 6.07) is 5.05. The Morgan fingerprint density at radius 2 is 2.06 bits per heavy atom. The van der Waals surface area contributed by atoms with Crippen LogP contribution in [0.3, 0.4) is 0 Å². The van der Waals surface area contributed by atoms with Gasteiger partial charge in [0.2, 0.25) is 0 Å². The van der Waals surface area contributed by atoms with Crippen LogP contribution in [0.2, 0.25) is 0 Å². The van der Waals surface area contributed by atoms with Gasteiger partial charge in [0.25, 0.3) is 0 Å². The summed E-state index contributed by atoms with van der Waals surface area (Å²) in [6.45, 7) is 5.81. The Morgan fingerprint density at radius 3 is 2.72 bits per heavy atom. The van der Waals surface area contributed by atoms with E-state index in [1.165, 1.54) is 6.07 Å². The van der Waals surface area contributed by atoms with Gasteiger partial charge in [0.05, 0.1) is 11.7 Å². The van der Waals surface area contributed by atoms with Gasteiger partial charge in [-0.2, -0.15) is 0 Å². The lowest BCUT2D eigenvalue weighted by molar-refractivity contribution is 0.604. The number of halogens is 1. The van der Waals surface area contributed by atoms with E-state index in [2.05, 4.69) is 15.6 Å². The zero-order valence-corrected chi connectivity index (χ0v) is 11.0. The molecule has 0 bridgehead atoms. The number of nitrogens with one attached hydrogen (secondary N) is 1. The van der Waals surface area contributed by atoms with Crippen LogP contribution in [0.4, 0.5) is 4.39 Å². The molecule has 18 heavy (non-hydrogen) atoms. The Balaban J connectivity index is 2.52. The van der Waals surface area contributed by atoms with E-state index in [-0.39, 0.29) is 11.9 Å². The van der Waals surface area contributed by atoms with Crippen molar-refractivity contribution in [3.05, 3.63) is 41.0 Å². The molecule has 0 aliphatic heterocycles. The minimum absolute atomic E-state index is 0.0895. The lowest BCUT2D eigenvalue weighted by Gasteiger charge is -2.09. The fraction of sp³-hybridized carbons (Fsp3) is 0.385. The van der Waals surface area contributed by atoms with Crippen LogP contribution in [0.1, 0.15) is 29.9 Å². The van der Waals surface area contributed by atoms with Gasteiger partial charge in [0, 0.05) is 0 Å². The second-order valence-corrected chi connectivity index (χ2v) is 4.44. The average Bonchev–Trinajstić information content (AvgIpc) is 2.73. The maximum absolute atomic E-state index is 13.8. The Hall–Kier alpha value is -1.75. The fourth-order valence-electron chi connectivity index (χ4n) is 1.89.